The molecule has 132 valence electrons. The molecule has 0 spiro atoms. The van der Waals surface area contributed by atoms with Crippen LogP contribution in [0, 0.1) is 5.92 Å². The number of amides is 1. The van der Waals surface area contributed by atoms with E-state index in [1.807, 2.05) is 0 Å². The second-order valence-electron chi connectivity index (χ2n) is 7.84. The van der Waals surface area contributed by atoms with Crippen LogP contribution in [0.25, 0.3) is 0 Å². The van der Waals surface area contributed by atoms with E-state index >= 15 is 0 Å². The Kier molecular flexibility index (Phi) is 5.94. The summed E-state index contributed by atoms with van der Waals surface area (Å²) < 4.78 is 0. The van der Waals surface area contributed by atoms with Gasteiger partial charge in [0.15, 0.2) is 0 Å². The Labute approximate surface area is 147 Å². The van der Waals surface area contributed by atoms with Gasteiger partial charge in [-0.25, -0.2) is 0 Å². The van der Waals surface area contributed by atoms with E-state index in [0.717, 1.165) is 32.5 Å². The van der Waals surface area contributed by atoms with Crippen molar-refractivity contribution in [1.82, 2.24) is 9.80 Å². The fourth-order valence-corrected chi connectivity index (χ4v) is 4.49. The van der Waals surface area contributed by atoms with Crippen molar-refractivity contribution in [2.75, 3.05) is 13.1 Å². The highest BCUT2D eigenvalue weighted by molar-refractivity contribution is 5.80. The molecule has 3 rings (SSSR count). The molecule has 1 aliphatic carbocycles. The van der Waals surface area contributed by atoms with Gasteiger partial charge in [-0.05, 0) is 51.6 Å². The van der Waals surface area contributed by atoms with E-state index in [4.69, 9.17) is 0 Å². The zero-order valence-electron chi connectivity index (χ0n) is 15.3. The quantitative estimate of drug-likeness (QED) is 0.813. The topological polar surface area (TPSA) is 23.6 Å². The molecule has 0 aromatic heterocycles. The monoisotopic (exact) mass is 328 g/mol. The van der Waals surface area contributed by atoms with Crippen LogP contribution >= 0.6 is 0 Å². The maximum absolute atomic E-state index is 13.2. The van der Waals surface area contributed by atoms with E-state index in [1.165, 1.54) is 31.2 Å². The van der Waals surface area contributed by atoms with Crippen molar-refractivity contribution in [1.29, 1.82) is 0 Å². The van der Waals surface area contributed by atoms with Gasteiger partial charge in [-0.1, -0.05) is 43.2 Å². The van der Waals surface area contributed by atoms with Crippen molar-refractivity contribution in [3.63, 3.8) is 0 Å². The molecule has 1 amide bonds. The molecule has 0 radical (unpaired) electrons. The summed E-state index contributed by atoms with van der Waals surface area (Å²) in [7, 11) is 0. The number of hydrogen-bond acceptors (Lipinski definition) is 2. The zero-order chi connectivity index (χ0) is 16.9. The summed E-state index contributed by atoms with van der Waals surface area (Å²) in [6.07, 6.45) is 7.16. The standard InChI is InChI=1S/C21H32N2O/c1-17(2)23(20-12-6-7-13-20)21(24)19-11-8-14-22(16-19)15-18-9-4-3-5-10-18/h3-5,9-10,17,19-20H,6-8,11-16H2,1-2H3. The smallest absolute Gasteiger partial charge is 0.227 e. The van der Waals surface area contributed by atoms with Crippen molar-refractivity contribution in [3.05, 3.63) is 35.9 Å². The maximum Gasteiger partial charge on any atom is 0.227 e. The van der Waals surface area contributed by atoms with Crippen molar-refractivity contribution in [3.8, 4) is 0 Å². The minimum absolute atomic E-state index is 0.186. The zero-order valence-corrected chi connectivity index (χ0v) is 15.3. The summed E-state index contributed by atoms with van der Waals surface area (Å²) in [5, 5.41) is 0. The third kappa shape index (κ3) is 4.18. The molecule has 1 atom stereocenters. The number of carbonyl (C=O) groups excluding carboxylic acids is 1. The molecule has 1 aromatic carbocycles. The molecule has 3 heteroatoms. The van der Waals surface area contributed by atoms with Crippen LogP contribution in [-0.2, 0) is 11.3 Å². The second-order valence-corrected chi connectivity index (χ2v) is 7.84. The van der Waals surface area contributed by atoms with Crippen molar-refractivity contribution >= 4 is 5.91 Å². The third-order valence-electron chi connectivity index (χ3n) is 5.63. The Morgan fingerprint density at radius 2 is 1.83 bits per heavy atom. The fourth-order valence-electron chi connectivity index (χ4n) is 4.49. The number of rotatable bonds is 5. The molecule has 1 saturated heterocycles. The first kappa shape index (κ1) is 17.5. The van der Waals surface area contributed by atoms with Gasteiger partial charge in [0.25, 0.3) is 0 Å². The summed E-state index contributed by atoms with van der Waals surface area (Å²) in [5.74, 6) is 0.597. The van der Waals surface area contributed by atoms with Gasteiger partial charge in [0.2, 0.25) is 5.91 Å². The normalized spacial score (nSPS) is 22.9. The molecule has 2 fully saturated rings. The Bertz CT molecular complexity index is 522. The summed E-state index contributed by atoms with van der Waals surface area (Å²) in [6, 6.07) is 11.4. The van der Waals surface area contributed by atoms with E-state index in [9.17, 15) is 4.79 Å². The number of likely N-dealkylation sites (tertiary alicyclic amines) is 1. The van der Waals surface area contributed by atoms with Gasteiger partial charge in [0.1, 0.15) is 0 Å². The first-order valence-corrected chi connectivity index (χ1v) is 9.73. The lowest BCUT2D eigenvalue weighted by Crippen LogP contribution is -2.50. The summed E-state index contributed by atoms with van der Waals surface area (Å²) in [6.45, 7) is 7.37. The van der Waals surface area contributed by atoms with E-state index in [0.29, 0.717) is 18.0 Å². The van der Waals surface area contributed by atoms with Crippen LogP contribution in [-0.4, -0.2) is 40.9 Å². The molecule has 24 heavy (non-hydrogen) atoms. The predicted molar refractivity (Wildman–Crippen MR) is 98.7 cm³/mol. The van der Waals surface area contributed by atoms with E-state index < -0.39 is 0 Å². The Morgan fingerprint density at radius 1 is 1.12 bits per heavy atom. The van der Waals surface area contributed by atoms with Gasteiger partial charge < -0.3 is 4.90 Å². The highest BCUT2D eigenvalue weighted by Crippen LogP contribution is 2.29. The van der Waals surface area contributed by atoms with Crippen molar-refractivity contribution < 1.29 is 4.79 Å². The largest absolute Gasteiger partial charge is 0.337 e. The van der Waals surface area contributed by atoms with Crippen LogP contribution in [0.4, 0.5) is 0 Å². The van der Waals surface area contributed by atoms with Crippen molar-refractivity contribution in [2.45, 2.75) is 71.0 Å². The second kappa shape index (κ2) is 8.15. The van der Waals surface area contributed by atoms with E-state index in [2.05, 4.69) is 54.0 Å². The number of benzene rings is 1. The lowest BCUT2D eigenvalue weighted by Gasteiger charge is -2.39. The predicted octanol–water partition coefficient (Wildman–Crippen LogP) is 4.08. The van der Waals surface area contributed by atoms with Crippen LogP contribution in [0.2, 0.25) is 0 Å². The van der Waals surface area contributed by atoms with Gasteiger partial charge in [0.05, 0.1) is 5.92 Å². The first-order valence-electron chi connectivity index (χ1n) is 9.73. The van der Waals surface area contributed by atoms with Crippen LogP contribution in [0.1, 0.15) is 57.9 Å². The highest BCUT2D eigenvalue weighted by Gasteiger charge is 2.34. The molecule has 0 N–H and O–H groups in total. The molecule has 1 saturated carbocycles. The van der Waals surface area contributed by atoms with Crippen LogP contribution in [0.15, 0.2) is 30.3 Å². The first-order chi connectivity index (χ1) is 11.6. The Balaban J connectivity index is 1.63. The van der Waals surface area contributed by atoms with Crippen LogP contribution < -0.4 is 0 Å². The van der Waals surface area contributed by atoms with E-state index in [-0.39, 0.29) is 5.92 Å². The van der Waals surface area contributed by atoms with Crippen LogP contribution in [0.5, 0.6) is 0 Å². The number of carbonyl (C=O) groups is 1. The molecule has 1 unspecified atom stereocenters. The summed E-state index contributed by atoms with van der Waals surface area (Å²) >= 11 is 0. The van der Waals surface area contributed by atoms with Gasteiger partial charge in [-0.2, -0.15) is 0 Å². The lowest BCUT2D eigenvalue weighted by molar-refractivity contribution is -0.141. The number of hydrogen-bond donors (Lipinski definition) is 0. The molecule has 1 aromatic rings. The summed E-state index contributed by atoms with van der Waals surface area (Å²) in [5.41, 5.74) is 1.35. The molecule has 1 aliphatic heterocycles. The highest BCUT2D eigenvalue weighted by atomic mass is 16.2. The number of nitrogens with zero attached hydrogens (tertiary/aromatic N) is 2. The molecular formula is C21H32N2O. The molecule has 3 nitrogen and oxygen atoms in total. The van der Waals surface area contributed by atoms with Crippen LogP contribution in [0.3, 0.4) is 0 Å². The van der Waals surface area contributed by atoms with Crippen molar-refractivity contribution in [2.24, 2.45) is 5.92 Å². The molecule has 1 heterocycles. The Hall–Kier alpha value is -1.35. The van der Waals surface area contributed by atoms with Gasteiger partial charge in [0, 0.05) is 25.2 Å². The lowest BCUT2D eigenvalue weighted by atomic mass is 9.94. The van der Waals surface area contributed by atoms with E-state index in [1.54, 1.807) is 0 Å². The van der Waals surface area contributed by atoms with Gasteiger partial charge in [-0.3, -0.25) is 9.69 Å². The average molecular weight is 329 g/mol. The summed E-state index contributed by atoms with van der Waals surface area (Å²) in [4.78, 5) is 17.9. The molecule has 2 aliphatic rings. The van der Waals surface area contributed by atoms with Gasteiger partial charge >= 0.3 is 0 Å². The third-order valence-corrected chi connectivity index (χ3v) is 5.63. The average Bonchev–Trinajstić information content (AvgIpc) is 3.10. The number of piperidine rings is 1. The van der Waals surface area contributed by atoms with Gasteiger partial charge in [-0.15, -0.1) is 0 Å². The Morgan fingerprint density at radius 3 is 2.50 bits per heavy atom. The molecular weight excluding hydrogens is 296 g/mol. The molecule has 0 bridgehead atoms. The fraction of sp³-hybridized carbons (Fsp3) is 0.667. The SMILES string of the molecule is CC(C)N(C(=O)C1CCCN(Cc2ccccc2)C1)C1CCCC1. The minimum atomic E-state index is 0.186. The maximum atomic E-state index is 13.2. The minimum Gasteiger partial charge on any atom is -0.337 e.